The molecular formula is C29H37N3O4S. The summed E-state index contributed by atoms with van der Waals surface area (Å²) in [6.45, 7) is 9.88. The Kier molecular flexibility index (Phi) is 8.49. The highest BCUT2D eigenvalue weighted by atomic mass is 32.2. The van der Waals surface area contributed by atoms with Gasteiger partial charge in [-0.1, -0.05) is 55.8 Å². The van der Waals surface area contributed by atoms with Gasteiger partial charge in [0.25, 0.3) is 5.91 Å². The molecule has 1 aliphatic heterocycles. The average molecular weight is 524 g/mol. The summed E-state index contributed by atoms with van der Waals surface area (Å²) in [5.74, 6) is -0.0206. The number of hydrogen-bond acceptors (Lipinski definition) is 5. The zero-order valence-electron chi connectivity index (χ0n) is 22.2. The largest absolute Gasteiger partial charge is 0.376 e. The molecule has 0 unspecified atom stereocenters. The summed E-state index contributed by atoms with van der Waals surface area (Å²) in [6.07, 6.45) is 3.46. The van der Waals surface area contributed by atoms with E-state index in [1.165, 1.54) is 0 Å². The second-order valence-corrected chi connectivity index (χ2v) is 12.3. The van der Waals surface area contributed by atoms with Gasteiger partial charge in [0.2, 0.25) is 15.0 Å². The van der Waals surface area contributed by atoms with Crippen molar-refractivity contribution in [3.05, 3.63) is 82.7 Å². The summed E-state index contributed by atoms with van der Waals surface area (Å²) >= 11 is 0. The molecule has 0 aliphatic carbocycles. The van der Waals surface area contributed by atoms with E-state index in [0.29, 0.717) is 31.0 Å². The van der Waals surface area contributed by atoms with Crippen LogP contribution in [0.15, 0.2) is 59.9 Å². The molecule has 0 N–H and O–H groups in total. The minimum atomic E-state index is -3.70. The number of carbonyl (C=O) groups is 1. The zero-order chi connectivity index (χ0) is 26.6. The van der Waals surface area contributed by atoms with Gasteiger partial charge in [-0.25, -0.2) is 13.4 Å². The molecule has 8 heteroatoms. The number of aryl methyl sites for hydroxylation is 2. The van der Waals surface area contributed by atoms with Gasteiger partial charge in [-0.15, -0.1) is 0 Å². The van der Waals surface area contributed by atoms with Gasteiger partial charge in [0.1, 0.15) is 0 Å². The fourth-order valence-corrected chi connectivity index (χ4v) is 6.30. The number of sulfone groups is 1. The van der Waals surface area contributed by atoms with Crippen molar-refractivity contribution in [3.63, 3.8) is 0 Å². The Morgan fingerprint density at radius 2 is 1.86 bits per heavy atom. The second kappa shape index (κ2) is 11.6. The Labute approximate surface area is 220 Å². The molecule has 1 aromatic heterocycles. The van der Waals surface area contributed by atoms with Crippen LogP contribution < -0.4 is 0 Å². The van der Waals surface area contributed by atoms with Gasteiger partial charge in [0.15, 0.2) is 0 Å². The topological polar surface area (TPSA) is 81.5 Å². The molecule has 7 nitrogen and oxygen atoms in total. The van der Waals surface area contributed by atoms with E-state index in [4.69, 9.17) is 4.74 Å². The first-order valence-corrected chi connectivity index (χ1v) is 14.6. The normalized spacial score (nSPS) is 15.9. The van der Waals surface area contributed by atoms with Crippen LogP contribution in [0.2, 0.25) is 0 Å². The van der Waals surface area contributed by atoms with E-state index in [1.54, 1.807) is 15.7 Å². The van der Waals surface area contributed by atoms with E-state index < -0.39 is 9.84 Å². The van der Waals surface area contributed by atoms with Crippen LogP contribution in [0.3, 0.4) is 0 Å². The van der Waals surface area contributed by atoms with E-state index in [0.717, 1.165) is 29.5 Å². The minimum Gasteiger partial charge on any atom is -0.376 e. The predicted octanol–water partition coefficient (Wildman–Crippen LogP) is 4.95. The van der Waals surface area contributed by atoms with Crippen molar-refractivity contribution < 1.29 is 17.9 Å². The predicted molar refractivity (Wildman–Crippen MR) is 144 cm³/mol. The molecule has 3 aromatic rings. The van der Waals surface area contributed by atoms with Crippen LogP contribution in [0.4, 0.5) is 0 Å². The summed E-state index contributed by atoms with van der Waals surface area (Å²) in [6, 6.07) is 15.0. The van der Waals surface area contributed by atoms with Crippen LogP contribution in [0.5, 0.6) is 0 Å². The number of ether oxygens (including phenoxy) is 1. The van der Waals surface area contributed by atoms with Crippen molar-refractivity contribution in [2.75, 3.05) is 13.2 Å². The number of rotatable bonds is 10. The first-order chi connectivity index (χ1) is 17.6. The van der Waals surface area contributed by atoms with Crippen LogP contribution in [-0.2, 0) is 33.4 Å². The monoisotopic (exact) mass is 523 g/mol. The lowest BCUT2D eigenvalue weighted by atomic mass is 10.1. The van der Waals surface area contributed by atoms with E-state index in [2.05, 4.69) is 4.98 Å². The smallest absolute Gasteiger partial charge is 0.254 e. The van der Waals surface area contributed by atoms with Crippen molar-refractivity contribution in [1.82, 2.24) is 14.5 Å². The van der Waals surface area contributed by atoms with Crippen LogP contribution in [0, 0.1) is 19.8 Å². The lowest BCUT2D eigenvalue weighted by Crippen LogP contribution is -2.37. The number of hydrogen-bond donors (Lipinski definition) is 0. The highest BCUT2D eigenvalue weighted by Gasteiger charge is 2.28. The average Bonchev–Trinajstić information content (AvgIpc) is 3.50. The maximum absolute atomic E-state index is 13.6. The molecular weight excluding hydrogens is 486 g/mol. The Morgan fingerprint density at radius 1 is 1.14 bits per heavy atom. The third-order valence-corrected chi connectivity index (χ3v) is 8.29. The molecule has 1 amide bonds. The Hall–Kier alpha value is -2.97. The third-order valence-electron chi connectivity index (χ3n) is 6.72. The molecule has 198 valence electrons. The van der Waals surface area contributed by atoms with Crippen molar-refractivity contribution in [2.24, 2.45) is 5.92 Å². The van der Waals surface area contributed by atoms with Gasteiger partial charge in [-0.3, -0.25) is 4.79 Å². The van der Waals surface area contributed by atoms with Crippen molar-refractivity contribution in [2.45, 2.75) is 70.6 Å². The summed E-state index contributed by atoms with van der Waals surface area (Å²) in [5.41, 5.74) is 4.08. The maximum atomic E-state index is 13.6. The molecule has 0 saturated carbocycles. The Bertz CT molecular complexity index is 1320. The molecule has 1 saturated heterocycles. The molecule has 2 aromatic carbocycles. The van der Waals surface area contributed by atoms with Crippen molar-refractivity contribution in [3.8, 4) is 0 Å². The highest BCUT2D eigenvalue weighted by molar-refractivity contribution is 7.90. The Balaban J connectivity index is 1.67. The molecule has 2 heterocycles. The number of amides is 1. The van der Waals surface area contributed by atoms with Crippen molar-refractivity contribution >= 4 is 15.7 Å². The van der Waals surface area contributed by atoms with Gasteiger partial charge < -0.3 is 14.2 Å². The van der Waals surface area contributed by atoms with Gasteiger partial charge in [-0.2, -0.15) is 0 Å². The molecule has 1 aliphatic rings. The van der Waals surface area contributed by atoms with E-state index >= 15 is 0 Å². The van der Waals surface area contributed by atoms with Crippen LogP contribution in [0.1, 0.15) is 59.4 Å². The van der Waals surface area contributed by atoms with E-state index in [1.807, 2.05) is 76.2 Å². The lowest BCUT2D eigenvalue weighted by Gasteiger charge is -2.26. The fourth-order valence-electron chi connectivity index (χ4n) is 4.70. The van der Waals surface area contributed by atoms with Gasteiger partial charge in [-0.05, 0) is 55.9 Å². The second-order valence-electron chi connectivity index (χ2n) is 10.4. The number of carbonyl (C=O) groups excluding carboxylic acids is 1. The summed E-state index contributed by atoms with van der Waals surface area (Å²) < 4.78 is 34.7. The lowest BCUT2D eigenvalue weighted by molar-refractivity contribution is 0.0501. The molecule has 0 bridgehead atoms. The summed E-state index contributed by atoms with van der Waals surface area (Å²) in [4.78, 5) is 19.8. The van der Waals surface area contributed by atoms with Crippen LogP contribution >= 0.6 is 0 Å². The first-order valence-electron chi connectivity index (χ1n) is 12.9. The zero-order valence-corrected chi connectivity index (χ0v) is 23.0. The number of aromatic nitrogens is 2. The first kappa shape index (κ1) is 27.1. The summed E-state index contributed by atoms with van der Waals surface area (Å²) in [5, 5.41) is 0.0549. The molecule has 4 rings (SSSR count). The number of nitrogens with zero attached hydrogens (tertiary/aromatic N) is 3. The van der Waals surface area contributed by atoms with Gasteiger partial charge in [0.05, 0.1) is 30.3 Å². The quantitative estimate of drug-likeness (QED) is 0.376. The van der Waals surface area contributed by atoms with E-state index in [9.17, 15) is 13.2 Å². The highest BCUT2D eigenvalue weighted by Crippen LogP contribution is 2.23. The molecule has 1 atom stereocenters. The molecule has 1 fully saturated rings. The minimum absolute atomic E-state index is 0.0277. The van der Waals surface area contributed by atoms with Gasteiger partial charge in [0, 0.05) is 25.3 Å². The molecule has 37 heavy (non-hydrogen) atoms. The van der Waals surface area contributed by atoms with Crippen molar-refractivity contribution in [1.29, 1.82) is 0 Å². The third kappa shape index (κ3) is 6.67. The molecule has 0 spiro atoms. The molecule has 0 radical (unpaired) electrons. The number of benzene rings is 2. The SMILES string of the molecule is Cc1ccc(C(=O)N(Cc2cnc(S(=O)(=O)Cc3ccccc3C)n2CC(C)C)C[C@@H]2CCCO2)cc1. The Morgan fingerprint density at radius 3 is 2.51 bits per heavy atom. The van der Waals surface area contributed by atoms with E-state index in [-0.39, 0.29) is 35.4 Å². The van der Waals surface area contributed by atoms with Crippen LogP contribution in [0.25, 0.3) is 0 Å². The number of imidazole rings is 1. The van der Waals surface area contributed by atoms with Gasteiger partial charge >= 0.3 is 0 Å². The standard InChI is InChI=1S/C29H37N3O4S/c1-21(2)17-32-26(16-30-29(32)37(34,35)20-25-9-6-5-8-23(25)4)18-31(19-27-10-7-15-36-27)28(33)24-13-11-22(3)12-14-24/h5-6,8-9,11-14,16,21,27H,7,10,15,17-20H2,1-4H3/t27-/m0/s1. The fraction of sp³-hybridized carbons (Fsp3) is 0.448. The maximum Gasteiger partial charge on any atom is 0.254 e. The van der Waals surface area contributed by atoms with Crippen LogP contribution in [-0.4, -0.2) is 48.0 Å². The summed E-state index contributed by atoms with van der Waals surface area (Å²) in [7, 11) is -3.70.